The van der Waals surface area contributed by atoms with Crippen molar-refractivity contribution in [2.75, 3.05) is 37.7 Å². The molecule has 6 rings (SSSR count). The average molecular weight is 528 g/mol. The summed E-state index contributed by atoms with van der Waals surface area (Å²) in [5.41, 5.74) is 4.54. The first-order valence-electron chi connectivity index (χ1n) is 13.4. The largest absolute Gasteiger partial charge is 0.457 e. The predicted molar refractivity (Wildman–Crippen MR) is 149 cm³/mol. The number of hydrogen-bond donors (Lipinski definition) is 1. The number of nitrogens with zero attached hydrogens (tertiary/aromatic N) is 4. The van der Waals surface area contributed by atoms with Gasteiger partial charge in [0.05, 0.1) is 18.6 Å². The molecule has 1 aromatic carbocycles. The van der Waals surface area contributed by atoms with E-state index in [0.29, 0.717) is 37.8 Å². The molecule has 9 nitrogen and oxygen atoms in total. The monoisotopic (exact) mass is 527 g/mol. The van der Waals surface area contributed by atoms with Crippen LogP contribution in [0.2, 0.25) is 0 Å². The quantitative estimate of drug-likeness (QED) is 0.372. The number of morpholine rings is 1. The van der Waals surface area contributed by atoms with E-state index in [1.165, 1.54) is 5.56 Å². The minimum Gasteiger partial charge on any atom is -0.457 e. The molecule has 2 aliphatic rings. The van der Waals surface area contributed by atoms with Crippen LogP contribution < -0.4 is 9.64 Å². The zero-order valence-corrected chi connectivity index (χ0v) is 22.6. The fourth-order valence-corrected chi connectivity index (χ4v) is 5.10. The Labute approximate surface area is 227 Å². The van der Waals surface area contributed by atoms with Gasteiger partial charge in [0.2, 0.25) is 0 Å². The molecule has 202 valence electrons. The van der Waals surface area contributed by atoms with E-state index in [1.807, 2.05) is 57.4 Å². The number of benzene rings is 1. The summed E-state index contributed by atoms with van der Waals surface area (Å²) < 4.78 is 17.6. The van der Waals surface area contributed by atoms with Gasteiger partial charge < -0.3 is 29.0 Å². The van der Waals surface area contributed by atoms with Crippen molar-refractivity contribution in [2.24, 2.45) is 0 Å². The Morgan fingerprint density at radius 1 is 1.00 bits per heavy atom. The number of amides is 1. The Hall–Kier alpha value is -4.11. The molecule has 1 amide bonds. The summed E-state index contributed by atoms with van der Waals surface area (Å²) in [7, 11) is 0. The summed E-state index contributed by atoms with van der Waals surface area (Å²) in [5, 5.41) is 0.907. The molecule has 39 heavy (non-hydrogen) atoms. The third-order valence-electron chi connectivity index (χ3n) is 7.00. The standard InChI is InChI=1S/C30H33N5O4/c1-30(2,3)39-29(36)35-11-8-20-4-5-23(16-22(20)19-35)38-25-7-10-32-28-27(25)24(18-33-28)21-6-9-31-26(17-21)34-12-14-37-15-13-34/h4-7,9-10,16-18H,8,11-15,19H2,1-3H3,(H,32,33). The number of carbonyl (C=O) groups excluding carboxylic acids is 1. The van der Waals surface area contributed by atoms with Crippen molar-refractivity contribution in [3.05, 3.63) is 66.1 Å². The van der Waals surface area contributed by atoms with Crippen molar-refractivity contribution < 1.29 is 19.0 Å². The van der Waals surface area contributed by atoms with Gasteiger partial charge in [-0.25, -0.2) is 14.8 Å². The van der Waals surface area contributed by atoms with Gasteiger partial charge in [0.25, 0.3) is 0 Å². The highest BCUT2D eigenvalue weighted by Crippen LogP contribution is 2.38. The van der Waals surface area contributed by atoms with E-state index in [1.54, 1.807) is 11.1 Å². The van der Waals surface area contributed by atoms with Crippen molar-refractivity contribution in [2.45, 2.75) is 39.3 Å². The second-order valence-corrected chi connectivity index (χ2v) is 10.9. The van der Waals surface area contributed by atoms with Crippen molar-refractivity contribution in [3.63, 3.8) is 0 Å². The second kappa shape index (κ2) is 10.2. The summed E-state index contributed by atoms with van der Waals surface area (Å²) in [5.74, 6) is 2.35. The van der Waals surface area contributed by atoms with Crippen LogP contribution in [0.3, 0.4) is 0 Å². The van der Waals surface area contributed by atoms with E-state index in [-0.39, 0.29) is 6.09 Å². The number of aromatic nitrogens is 3. The van der Waals surface area contributed by atoms with Gasteiger partial charge >= 0.3 is 6.09 Å². The average Bonchev–Trinajstić information content (AvgIpc) is 3.38. The smallest absolute Gasteiger partial charge is 0.410 e. The molecule has 0 unspecified atom stereocenters. The molecule has 1 saturated heterocycles. The summed E-state index contributed by atoms with van der Waals surface area (Å²) in [4.78, 5) is 29.1. The number of aromatic amines is 1. The van der Waals surface area contributed by atoms with Gasteiger partial charge in [0, 0.05) is 50.3 Å². The topological polar surface area (TPSA) is 92.8 Å². The van der Waals surface area contributed by atoms with Crippen LogP contribution in [-0.2, 0) is 22.4 Å². The Bertz CT molecular complexity index is 1500. The summed E-state index contributed by atoms with van der Waals surface area (Å²) in [6, 6.07) is 12.1. The van der Waals surface area contributed by atoms with Crippen LogP contribution in [0.15, 0.2) is 55.0 Å². The number of nitrogens with one attached hydrogen (secondary N) is 1. The lowest BCUT2D eigenvalue weighted by Gasteiger charge is -2.31. The maximum absolute atomic E-state index is 12.7. The number of hydrogen-bond acceptors (Lipinski definition) is 7. The number of carbonyl (C=O) groups is 1. The van der Waals surface area contributed by atoms with Crippen molar-refractivity contribution in [1.29, 1.82) is 0 Å². The molecule has 0 radical (unpaired) electrons. The van der Waals surface area contributed by atoms with E-state index in [0.717, 1.165) is 53.1 Å². The summed E-state index contributed by atoms with van der Waals surface area (Å²) in [6.45, 7) is 9.84. The minimum atomic E-state index is -0.527. The maximum Gasteiger partial charge on any atom is 0.410 e. The highest BCUT2D eigenvalue weighted by Gasteiger charge is 2.26. The van der Waals surface area contributed by atoms with E-state index < -0.39 is 5.60 Å². The van der Waals surface area contributed by atoms with E-state index in [2.05, 4.69) is 32.0 Å². The van der Waals surface area contributed by atoms with Gasteiger partial charge in [-0.2, -0.15) is 0 Å². The van der Waals surface area contributed by atoms with Gasteiger partial charge in [0.15, 0.2) is 0 Å². The van der Waals surface area contributed by atoms with Gasteiger partial charge in [0.1, 0.15) is 28.6 Å². The van der Waals surface area contributed by atoms with Crippen LogP contribution >= 0.6 is 0 Å². The molecule has 0 saturated carbocycles. The van der Waals surface area contributed by atoms with E-state index in [4.69, 9.17) is 14.2 Å². The molecule has 5 heterocycles. The Morgan fingerprint density at radius 3 is 2.64 bits per heavy atom. The van der Waals surface area contributed by atoms with Crippen LogP contribution in [0.5, 0.6) is 11.5 Å². The Balaban J connectivity index is 1.28. The second-order valence-electron chi connectivity index (χ2n) is 10.9. The summed E-state index contributed by atoms with van der Waals surface area (Å²) >= 11 is 0. The molecule has 1 fully saturated rings. The first-order valence-corrected chi connectivity index (χ1v) is 13.4. The first kappa shape index (κ1) is 25.2. The Morgan fingerprint density at radius 2 is 1.82 bits per heavy atom. The number of pyridine rings is 2. The highest BCUT2D eigenvalue weighted by atomic mass is 16.6. The van der Waals surface area contributed by atoms with Crippen LogP contribution in [0.1, 0.15) is 31.9 Å². The lowest BCUT2D eigenvalue weighted by molar-refractivity contribution is 0.0224. The third-order valence-corrected chi connectivity index (χ3v) is 7.00. The normalized spacial score (nSPS) is 15.8. The fourth-order valence-electron chi connectivity index (χ4n) is 5.10. The number of ether oxygens (including phenoxy) is 3. The van der Waals surface area contributed by atoms with Crippen molar-refractivity contribution in [3.8, 4) is 22.6 Å². The molecular weight excluding hydrogens is 494 g/mol. The molecular formula is C30H33N5O4. The van der Waals surface area contributed by atoms with Crippen LogP contribution in [-0.4, -0.2) is 64.4 Å². The lowest BCUT2D eigenvalue weighted by atomic mass is 10.00. The lowest BCUT2D eigenvalue weighted by Crippen LogP contribution is -2.39. The molecule has 3 aromatic heterocycles. The predicted octanol–water partition coefficient (Wildman–Crippen LogP) is 5.55. The van der Waals surface area contributed by atoms with Gasteiger partial charge in [-0.15, -0.1) is 0 Å². The number of fused-ring (bicyclic) bond motifs is 2. The molecule has 1 N–H and O–H groups in total. The fraction of sp³-hybridized carbons (Fsp3) is 0.367. The molecule has 0 atom stereocenters. The molecule has 4 aromatic rings. The van der Waals surface area contributed by atoms with Gasteiger partial charge in [-0.1, -0.05) is 6.07 Å². The molecule has 2 aliphatic heterocycles. The Kier molecular flexibility index (Phi) is 6.60. The zero-order valence-electron chi connectivity index (χ0n) is 22.6. The minimum absolute atomic E-state index is 0.291. The molecule has 0 bridgehead atoms. The molecule has 0 spiro atoms. The van der Waals surface area contributed by atoms with Gasteiger partial charge in [-0.05, 0) is 74.2 Å². The SMILES string of the molecule is CC(C)(C)OC(=O)N1CCc2ccc(Oc3ccnc4[nH]cc(-c5ccnc(N6CCOCC6)c5)c34)cc2C1. The number of rotatable bonds is 4. The van der Waals surface area contributed by atoms with E-state index in [9.17, 15) is 4.79 Å². The molecule has 9 heteroatoms. The zero-order chi connectivity index (χ0) is 27.0. The van der Waals surface area contributed by atoms with Crippen LogP contribution in [0, 0.1) is 0 Å². The summed E-state index contributed by atoms with van der Waals surface area (Å²) in [6.07, 6.45) is 6.04. The van der Waals surface area contributed by atoms with E-state index >= 15 is 0 Å². The highest BCUT2D eigenvalue weighted by molar-refractivity contribution is 5.98. The first-order chi connectivity index (χ1) is 18.8. The third kappa shape index (κ3) is 5.40. The van der Waals surface area contributed by atoms with Crippen molar-refractivity contribution >= 4 is 22.9 Å². The van der Waals surface area contributed by atoms with Crippen molar-refractivity contribution in [1.82, 2.24) is 19.9 Å². The van der Waals surface area contributed by atoms with Crippen LogP contribution in [0.25, 0.3) is 22.2 Å². The number of anilines is 1. The number of H-pyrrole nitrogens is 1. The van der Waals surface area contributed by atoms with Crippen LogP contribution in [0.4, 0.5) is 10.6 Å². The van der Waals surface area contributed by atoms with Gasteiger partial charge in [-0.3, -0.25) is 0 Å². The maximum atomic E-state index is 12.7. The molecule has 0 aliphatic carbocycles.